The molecule has 0 amide bonds. The SMILES string of the molecule is Cc1nc2cnc(Nc3ccnc(-n4cnc(CS(=O)O)c4)n3)cc2n1C(C)C. The molecule has 11 heteroatoms. The van der Waals surface area contributed by atoms with Gasteiger partial charge in [-0.25, -0.2) is 24.1 Å². The Morgan fingerprint density at radius 3 is 2.79 bits per heavy atom. The molecule has 0 aliphatic carbocycles. The fraction of sp³-hybridized carbons (Fsp3) is 0.278. The smallest absolute Gasteiger partial charge is 0.236 e. The maximum absolute atomic E-state index is 10.9. The van der Waals surface area contributed by atoms with E-state index in [-0.39, 0.29) is 11.8 Å². The van der Waals surface area contributed by atoms with Crippen molar-refractivity contribution in [3.05, 3.63) is 48.6 Å². The third kappa shape index (κ3) is 4.00. The van der Waals surface area contributed by atoms with Crippen molar-refractivity contribution in [3.8, 4) is 5.95 Å². The number of fused-ring (bicyclic) bond motifs is 1. The zero-order valence-corrected chi connectivity index (χ0v) is 17.0. The lowest BCUT2D eigenvalue weighted by Gasteiger charge is -2.11. The lowest BCUT2D eigenvalue weighted by atomic mass is 10.3. The normalized spacial score (nSPS) is 12.6. The van der Waals surface area contributed by atoms with E-state index in [1.165, 1.54) is 6.33 Å². The van der Waals surface area contributed by atoms with Crippen molar-refractivity contribution in [1.82, 2.24) is 34.1 Å². The number of pyridine rings is 1. The van der Waals surface area contributed by atoms with Crippen molar-refractivity contribution in [2.45, 2.75) is 32.6 Å². The zero-order chi connectivity index (χ0) is 20.5. The molecule has 4 rings (SSSR count). The Labute approximate surface area is 169 Å². The standard InChI is InChI=1S/C18H20N8O2S/c1-11(2)26-12(3)22-14-7-20-17(6-15(14)26)23-16-4-5-19-18(24-16)25-8-13(21-10-25)9-29(27)28/h4-8,10-11H,9H2,1-3H3,(H,27,28)(H,19,20,23,24). The first-order chi connectivity index (χ1) is 13.9. The van der Waals surface area contributed by atoms with E-state index in [1.807, 2.05) is 13.0 Å². The van der Waals surface area contributed by atoms with Crippen LogP contribution in [-0.4, -0.2) is 42.8 Å². The lowest BCUT2D eigenvalue weighted by molar-refractivity contribution is 0.563. The highest BCUT2D eigenvalue weighted by Crippen LogP contribution is 2.23. The Morgan fingerprint density at radius 2 is 2.03 bits per heavy atom. The third-order valence-electron chi connectivity index (χ3n) is 4.31. The molecule has 0 bridgehead atoms. The Bertz CT molecular complexity index is 1200. The van der Waals surface area contributed by atoms with Crippen LogP contribution in [0.15, 0.2) is 37.1 Å². The summed E-state index contributed by atoms with van der Waals surface area (Å²) >= 11 is -1.95. The monoisotopic (exact) mass is 412 g/mol. The van der Waals surface area contributed by atoms with E-state index < -0.39 is 11.1 Å². The molecule has 4 heterocycles. The van der Waals surface area contributed by atoms with Crippen molar-refractivity contribution < 1.29 is 8.76 Å². The number of rotatable bonds is 6. The molecule has 4 aromatic rings. The van der Waals surface area contributed by atoms with Gasteiger partial charge in [0, 0.05) is 24.5 Å². The van der Waals surface area contributed by atoms with Crippen molar-refractivity contribution in [2.75, 3.05) is 5.32 Å². The van der Waals surface area contributed by atoms with Crippen molar-refractivity contribution >= 4 is 33.7 Å². The summed E-state index contributed by atoms with van der Waals surface area (Å²) < 4.78 is 23.7. The fourth-order valence-corrected chi connectivity index (χ4v) is 3.59. The number of hydrogen-bond acceptors (Lipinski definition) is 7. The van der Waals surface area contributed by atoms with E-state index in [2.05, 4.69) is 48.7 Å². The van der Waals surface area contributed by atoms with E-state index >= 15 is 0 Å². The zero-order valence-electron chi connectivity index (χ0n) is 16.1. The summed E-state index contributed by atoms with van der Waals surface area (Å²) in [5, 5.41) is 3.19. The van der Waals surface area contributed by atoms with Gasteiger partial charge >= 0.3 is 0 Å². The fourth-order valence-electron chi connectivity index (χ4n) is 3.19. The van der Waals surface area contributed by atoms with E-state index in [4.69, 9.17) is 4.55 Å². The van der Waals surface area contributed by atoms with Crippen LogP contribution in [0, 0.1) is 6.92 Å². The Morgan fingerprint density at radius 1 is 1.21 bits per heavy atom. The van der Waals surface area contributed by atoms with Gasteiger partial charge in [0.1, 0.15) is 29.3 Å². The second-order valence-electron chi connectivity index (χ2n) is 6.79. The number of hydrogen-bond donors (Lipinski definition) is 2. The van der Waals surface area contributed by atoms with Gasteiger partial charge in [-0.2, -0.15) is 4.98 Å². The highest BCUT2D eigenvalue weighted by Gasteiger charge is 2.12. The quantitative estimate of drug-likeness (QED) is 0.463. The summed E-state index contributed by atoms with van der Waals surface area (Å²) in [5.41, 5.74) is 2.33. The topological polar surface area (TPSA) is 124 Å². The van der Waals surface area contributed by atoms with Crippen LogP contribution in [0.2, 0.25) is 0 Å². The van der Waals surface area contributed by atoms with Crippen LogP contribution < -0.4 is 5.32 Å². The molecule has 0 aromatic carbocycles. The molecular formula is C18H20N8O2S. The van der Waals surface area contributed by atoms with Gasteiger partial charge in [-0.15, -0.1) is 0 Å². The molecule has 2 N–H and O–H groups in total. The lowest BCUT2D eigenvalue weighted by Crippen LogP contribution is -2.04. The minimum absolute atomic E-state index is 0.0438. The molecule has 29 heavy (non-hydrogen) atoms. The maximum Gasteiger partial charge on any atom is 0.236 e. The molecule has 0 radical (unpaired) electrons. The van der Waals surface area contributed by atoms with Gasteiger partial charge < -0.3 is 14.4 Å². The van der Waals surface area contributed by atoms with Crippen molar-refractivity contribution in [1.29, 1.82) is 0 Å². The van der Waals surface area contributed by atoms with Gasteiger partial charge in [-0.1, -0.05) is 0 Å². The van der Waals surface area contributed by atoms with Crippen LogP contribution in [-0.2, 0) is 16.8 Å². The molecule has 0 saturated carbocycles. The van der Waals surface area contributed by atoms with Crippen LogP contribution in [0.3, 0.4) is 0 Å². The molecule has 1 unspecified atom stereocenters. The number of anilines is 2. The van der Waals surface area contributed by atoms with Crippen molar-refractivity contribution in [3.63, 3.8) is 0 Å². The number of aromatic nitrogens is 7. The minimum Gasteiger partial charge on any atom is -0.326 e. The highest BCUT2D eigenvalue weighted by atomic mass is 32.2. The summed E-state index contributed by atoms with van der Waals surface area (Å²) in [6.07, 6.45) is 6.50. The number of nitrogens with one attached hydrogen (secondary N) is 1. The van der Waals surface area contributed by atoms with Gasteiger partial charge in [0.15, 0.2) is 11.1 Å². The third-order valence-corrected chi connectivity index (χ3v) is 4.85. The number of imidazole rings is 2. The molecule has 0 fully saturated rings. The molecule has 10 nitrogen and oxygen atoms in total. The first kappa shape index (κ1) is 19.2. The second kappa shape index (κ2) is 7.68. The van der Waals surface area contributed by atoms with Gasteiger partial charge in [0.2, 0.25) is 5.95 Å². The van der Waals surface area contributed by atoms with E-state index in [0.717, 1.165) is 16.9 Å². The summed E-state index contributed by atoms with van der Waals surface area (Å²) in [5.74, 6) is 2.50. The summed E-state index contributed by atoms with van der Waals surface area (Å²) in [4.78, 5) is 21.8. The van der Waals surface area contributed by atoms with Gasteiger partial charge in [0.05, 0.1) is 23.2 Å². The molecule has 0 aliphatic rings. The Balaban J connectivity index is 1.62. The second-order valence-corrected chi connectivity index (χ2v) is 7.72. The number of aryl methyl sites for hydroxylation is 1. The summed E-state index contributed by atoms with van der Waals surface area (Å²) in [6, 6.07) is 3.97. The average Bonchev–Trinajstić information content (AvgIpc) is 3.24. The summed E-state index contributed by atoms with van der Waals surface area (Å²) in [6.45, 7) is 6.21. The van der Waals surface area contributed by atoms with Crippen LogP contribution in [0.5, 0.6) is 0 Å². The molecule has 1 atom stereocenters. The molecule has 0 aliphatic heterocycles. The Kier molecular flexibility index (Phi) is 5.07. The molecule has 150 valence electrons. The van der Waals surface area contributed by atoms with E-state index in [9.17, 15) is 4.21 Å². The van der Waals surface area contributed by atoms with Gasteiger partial charge in [0.25, 0.3) is 0 Å². The van der Waals surface area contributed by atoms with Crippen LogP contribution in [0.1, 0.15) is 31.4 Å². The Hall–Kier alpha value is -3.18. The minimum atomic E-state index is -1.95. The van der Waals surface area contributed by atoms with Crippen LogP contribution >= 0.6 is 0 Å². The molecule has 0 saturated heterocycles. The highest BCUT2D eigenvalue weighted by molar-refractivity contribution is 7.78. The van der Waals surface area contributed by atoms with E-state index in [0.29, 0.717) is 23.3 Å². The van der Waals surface area contributed by atoms with Crippen LogP contribution in [0.25, 0.3) is 17.0 Å². The summed E-state index contributed by atoms with van der Waals surface area (Å²) in [7, 11) is 0. The molecule has 0 spiro atoms. The largest absolute Gasteiger partial charge is 0.326 e. The molecule has 4 aromatic heterocycles. The predicted molar refractivity (Wildman–Crippen MR) is 110 cm³/mol. The van der Waals surface area contributed by atoms with Crippen LogP contribution in [0.4, 0.5) is 11.6 Å². The van der Waals surface area contributed by atoms with Crippen molar-refractivity contribution in [2.24, 2.45) is 0 Å². The molecular weight excluding hydrogens is 392 g/mol. The predicted octanol–water partition coefficient (Wildman–Crippen LogP) is 2.76. The van der Waals surface area contributed by atoms with Gasteiger partial charge in [-0.05, 0) is 26.8 Å². The average molecular weight is 412 g/mol. The van der Waals surface area contributed by atoms with E-state index in [1.54, 1.807) is 29.2 Å². The maximum atomic E-state index is 10.9. The first-order valence-corrected chi connectivity index (χ1v) is 10.2. The van der Waals surface area contributed by atoms with Gasteiger partial charge in [-0.3, -0.25) is 4.57 Å². The first-order valence-electron chi connectivity index (χ1n) is 8.96. The number of nitrogens with zero attached hydrogens (tertiary/aromatic N) is 7.